The molecule has 126 valence electrons. The minimum Gasteiger partial charge on any atom is -0.489 e. The zero-order valence-electron chi connectivity index (χ0n) is 14.5. The average molecular weight is 323 g/mol. The summed E-state index contributed by atoms with van der Waals surface area (Å²) in [7, 11) is 0. The van der Waals surface area contributed by atoms with E-state index in [4.69, 9.17) is 4.74 Å². The van der Waals surface area contributed by atoms with Crippen molar-refractivity contribution in [2.24, 2.45) is 0 Å². The minimum absolute atomic E-state index is 0.199. The quantitative estimate of drug-likeness (QED) is 0.748. The van der Waals surface area contributed by atoms with Crippen molar-refractivity contribution in [1.29, 1.82) is 0 Å². The lowest BCUT2D eigenvalue weighted by atomic mass is 10.1. The Kier molecular flexibility index (Phi) is 5.31. The Bertz CT molecular complexity index is 700. The first-order valence-electron chi connectivity index (χ1n) is 8.66. The lowest BCUT2D eigenvalue weighted by Crippen LogP contribution is -2.26. The zero-order valence-corrected chi connectivity index (χ0v) is 14.5. The van der Waals surface area contributed by atoms with Gasteiger partial charge in [0.15, 0.2) is 5.78 Å². The van der Waals surface area contributed by atoms with Gasteiger partial charge < -0.3 is 4.74 Å². The highest BCUT2D eigenvalue weighted by Gasteiger charge is 2.16. The van der Waals surface area contributed by atoms with Crippen molar-refractivity contribution in [1.82, 2.24) is 4.90 Å². The summed E-state index contributed by atoms with van der Waals surface area (Å²) in [5.74, 6) is 1.04. The van der Waals surface area contributed by atoms with Crippen molar-refractivity contribution in [3.05, 3.63) is 64.7 Å². The highest BCUT2D eigenvalue weighted by Crippen LogP contribution is 2.21. The van der Waals surface area contributed by atoms with Crippen LogP contribution >= 0.6 is 0 Å². The van der Waals surface area contributed by atoms with E-state index in [0.29, 0.717) is 13.2 Å². The fourth-order valence-electron chi connectivity index (χ4n) is 3.07. The number of hydrogen-bond acceptors (Lipinski definition) is 3. The van der Waals surface area contributed by atoms with Crippen molar-refractivity contribution in [3.8, 4) is 5.75 Å². The Balaban J connectivity index is 1.61. The first-order chi connectivity index (χ1) is 11.6. The molecule has 3 rings (SSSR count). The van der Waals surface area contributed by atoms with Crippen LogP contribution in [0.4, 0.5) is 0 Å². The summed E-state index contributed by atoms with van der Waals surface area (Å²) in [6, 6.07) is 14.1. The van der Waals surface area contributed by atoms with Crippen LogP contribution in [0.25, 0.3) is 0 Å². The summed E-state index contributed by atoms with van der Waals surface area (Å²) in [5, 5.41) is 0. The average Bonchev–Trinajstić information content (AvgIpc) is 3.08. The van der Waals surface area contributed by atoms with E-state index < -0.39 is 0 Å². The van der Waals surface area contributed by atoms with Crippen molar-refractivity contribution < 1.29 is 9.53 Å². The summed E-state index contributed by atoms with van der Waals surface area (Å²) in [6.07, 6.45) is 2.41. The van der Waals surface area contributed by atoms with Crippen molar-refractivity contribution in [3.63, 3.8) is 0 Å². The lowest BCUT2D eigenvalue weighted by Gasteiger charge is -2.14. The van der Waals surface area contributed by atoms with Crippen LogP contribution < -0.4 is 4.74 Å². The maximum absolute atomic E-state index is 12.4. The molecule has 0 bridgehead atoms. The van der Waals surface area contributed by atoms with Crippen molar-refractivity contribution >= 4 is 5.78 Å². The van der Waals surface area contributed by atoms with Crippen LogP contribution in [0.2, 0.25) is 0 Å². The van der Waals surface area contributed by atoms with Gasteiger partial charge in [-0.05, 0) is 69.1 Å². The summed E-state index contributed by atoms with van der Waals surface area (Å²) in [5.41, 5.74) is 4.18. The molecule has 0 radical (unpaired) electrons. The number of ether oxygens (including phenoxy) is 1. The van der Waals surface area contributed by atoms with E-state index in [1.165, 1.54) is 18.4 Å². The van der Waals surface area contributed by atoms with Crippen LogP contribution in [0.15, 0.2) is 42.5 Å². The van der Waals surface area contributed by atoms with Crippen molar-refractivity contribution in [2.45, 2.75) is 33.3 Å². The summed E-state index contributed by atoms with van der Waals surface area (Å²) >= 11 is 0. The van der Waals surface area contributed by atoms with Gasteiger partial charge >= 0.3 is 0 Å². The van der Waals surface area contributed by atoms with Gasteiger partial charge in [0.2, 0.25) is 0 Å². The van der Waals surface area contributed by atoms with E-state index in [1.807, 2.05) is 25.1 Å². The smallest absolute Gasteiger partial charge is 0.176 e. The highest BCUT2D eigenvalue weighted by atomic mass is 16.5. The number of ketones is 1. The second-order valence-electron chi connectivity index (χ2n) is 6.66. The minimum atomic E-state index is 0.199. The molecular formula is C21H25NO2. The van der Waals surface area contributed by atoms with E-state index in [1.54, 1.807) is 0 Å². The molecule has 1 aliphatic heterocycles. The van der Waals surface area contributed by atoms with E-state index in [0.717, 1.165) is 35.5 Å². The molecule has 0 N–H and O–H groups in total. The van der Waals surface area contributed by atoms with Crippen LogP contribution in [0.3, 0.4) is 0 Å². The highest BCUT2D eigenvalue weighted by molar-refractivity contribution is 5.98. The molecule has 0 saturated carbocycles. The Morgan fingerprint density at radius 3 is 2.42 bits per heavy atom. The molecule has 0 amide bonds. The van der Waals surface area contributed by atoms with Gasteiger partial charge in [-0.2, -0.15) is 0 Å². The molecule has 0 spiro atoms. The first kappa shape index (κ1) is 16.7. The molecule has 1 fully saturated rings. The monoisotopic (exact) mass is 323 g/mol. The lowest BCUT2D eigenvalue weighted by molar-refractivity contribution is 0.0945. The second kappa shape index (κ2) is 7.63. The molecule has 2 aromatic carbocycles. The SMILES string of the molecule is Cc1ccc(COc2ccc(C(=O)CN3CCCC3)cc2C)cc1. The van der Waals surface area contributed by atoms with Gasteiger partial charge in [-0.25, -0.2) is 0 Å². The van der Waals surface area contributed by atoms with E-state index in [9.17, 15) is 4.79 Å². The Morgan fingerprint density at radius 2 is 1.75 bits per heavy atom. The third-order valence-corrected chi connectivity index (χ3v) is 4.58. The molecule has 1 aliphatic rings. The predicted octanol–water partition coefficient (Wildman–Crippen LogP) is 4.16. The van der Waals surface area contributed by atoms with Gasteiger partial charge in [0.25, 0.3) is 0 Å². The third kappa shape index (κ3) is 4.24. The molecule has 1 saturated heterocycles. The van der Waals surface area contributed by atoms with Gasteiger partial charge in [-0.3, -0.25) is 9.69 Å². The molecule has 0 aliphatic carbocycles. The van der Waals surface area contributed by atoms with Gasteiger partial charge in [0.1, 0.15) is 12.4 Å². The molecule has 24 heavy (non-hydrogen) atoms. The normalized spacial score (nSPS) is 14.8. The molecule has 1 heterocycles. The molecule has 3 heteroatoms. The van der Waals surface area contributed by atoms with Crippen LogP contribution in [0.5, 0.6) is 5.75 Å². The van der Waals surface area contributed by atoms with Gasteiger partial charge in [-0.15, -0.1) is 0 Å². The number of benzene rings is 2. The molecule has 0 aromatic heterocycles. The van der Waals surface area contributed by atoms with Crippen LogP contribution in [0.1, 0.15) is 39.9 Å². The van der Waals surface area contributed by atoms with Crippen molar-refractivity contribution in [2.75, 3.05) is 19.6 Å². The van der Waals surface area contributed by atoms with Gasteiger partial charge in [0.05, 0.1) is 6.54 Å². The fourth-order valence-corrected chi connectivity index (χ4v) is 3.07. The van der Waals surface area contributed by atoms with E-state index in [2.05, 4.69) is 36.1 Å². The van der Waals surface area contributed by atoms with E-state index >= 15 is 0 Å². The number of likely N-dealkylation sites (tertiary alicyclic amines) is 1. The first-order valence-corrected chi connectivity index (χ1v) is 8.66. The number of carbonyl (C=O) groups is 1. The Hall–Kier alpha value is -2.13. The van der Waals surface area contributed by atoms with Gasteiger partial charge in [-0.1, -0.05) is 29.8 Å². The standard InChI is InChI=1S/C21H25NO2/c1-16-5-7-18(8-6-16)15-24-21-10-9-19(13-17(21)2)20(23)14-22-11-3-4-12-22/h5-10,13H,3-4,11-12,14-15H2,1-2H3. The Labute approximate surface area is 144 Å². The zero-order chi connectivity index (χ0) is 16.9. The number of nitrogens with zero attached hydrogens (tertiary/aromatic N) is 1. The molecule has 3 nitrogen and oxygen atoms in total. The van der Waals surface area contributed by atoms with Crippen LogP contribution in [0, 0.1) is 13.8 Å². The number of rotatable bonds is 6. The Morgan fingerprint density at radius 1 is 1.04 bits per heavy atom. The maximum Gasteiger partial charge on any atom is 0.176 e. The third-order valence-electron chi connectivity index (χ3n) is 4.58. The molecule has 0 atom stereocenters. The maximum atomic E-state index is 12.4. The second-order valence-corrected chi connectivity index (χ2v) is 6.66. The molecule has 2 aromatic rings. The molecular weight excluding hydrogens is 298 g/mol. The van der Waals surface area contributed by atoms with Crippen LogP contribution in [-0.2, 0) is 6.61 Å². The summed E-state index contributed by atoms with van der Waals surface area (Å²) in [4.78, 5) is 14.6. The fraction of sp³-hybridized carbons (Fsp3) is 0.381. The van der Waals surface area contributed by atoms with Crippen LogP contribution in [-0.4, -0.2) is 30.3 Å². The largest absolute Gasteiger partial charge is 0.489 e. The van der Waals surface area contributed by atoms with E-state index in [-0.39, 0.29) is 5.78 Å². The number of carbonyl (C=O) groups excluding carboxylic acids is 1. The summed E-state index contributed by atoms with van der Waals surface area (Å²) < 4.78 is 5.91. The predicted molar refractivity (Wildman–Crippen MR) is 96.7 cm³/mol. The van der Waals surface area contributed by atoms with Gasteiger partial charge in [0, 0.05) is 5.56 Å². The number of Topliss-reactive ketones (excluding diaryl/α,β-unsaturated/α-hetero) is 1. The topological polar surface area (TPSA) is 29.5 Å². The number of hydrogen-bond donors (Lipinski definition) is 0. The number of aryl methyl sites for hydroxylation is 2. The molecule has 0 unspecified atom stereocenters. The summed E-state index contributed by atoms with van der Waals surface area (Å²) in [6.45, 7) is 7.24.